The van der Waals surface area contributed by atoms with Crippen molar-refractivity contribution in [1.29, 1.82) is 0 Å². The molecule has 3 unspecified atom stereocenters. The Labute approximate surface area is 88.7 Å². The van der Waals surface area contributed by atoms with E-state index in [-0.39, 0.29) is 0 Å². The molecule has 0 aromatic heterocycles. The normalized spacial score (nSPS) is 34.7. The van der Waals surface area contributed by atoms with E-state index in [0.29, 0.717) is 0 Å². The molecule has 2 aliphatic carbocycles. The number of hydrogen-bond donors (Lipinski definition) is 1. The fourth-order valence-electron chi connectivity index (χ4n) is 3.03. The Kier molecular flexibility index (Phi) is 3.48. The van der Waals surface area contributed by atoms with Crippen LogP contribution in [0.5, 0.6) is 0 Å². The SMILES string of the molecule is CCNC(CC1CC1)C1CCC(C)C1. The van der Waals surface area contributed by atoms with Crippen molar-refractivity contribution in [2.24, 2.45) is 17.8 Å². The van der Waals surface area contributed by atoms with Crippen molar-refractivity contribution in [3.8, 4) is 0 Å². The van der Waals surface area contributed by atoms with Gasteiger partial charge in [0, 0.05) is 6.04 Å². The van der Waals surface area contributed by atoms with Crippen molar-refractivity contribution in [2.45, 2.75) is 58.4 Å². The van der Waals surface area contributed by atoms with Crippen LogP contribution in [0.1, 0.15) is 52.4 Å². The van der Waals surface area contributed by atoms with Crippen LogP contribution in [-0.4, -0.2) is 12.6 Å². The molecule has 0 spiro atoms. The second kappa shape index (κ2) is 4.65. The molecule has 3 atom stereocenters. The largest absolute Gasteiger partial charge is 0.314 e. The van der Waals surface area contributed by atoms with E-state index in [9.17, 15) is 0 Å². The highest BCUT2D eigenvalue weighted by molar-refractivity contribution is 4.87. The van der Waals surface area contributed by atoms with Crippen molar-refractivity contribution in [3.63, 3.8) is 0 Å². The molecule has 1 heteroatoms. The minimum absolute atomic E-state index is 0.845. The van der Waals surface area contributed by atoms with Gasteiger partial charge in [-0.2, -0.15) is 0 Å². The highest BCUT2D eigenvalue weighted by Crippen LogP contribution is 2.39. The van der Waals surface area contributed by atoms with E-state index >= 15 is 0 Å². The van der Waals surface area contributed by atoms with E-state index in [1.165, 1.54) is 38.5 Å². The van der Waals surface area contributed by atoms with Gasteiger partial charge in [0.25, 0.3) is 0 Å². The zero-order valence-corrected chi connectivity index (χ0v) is 9.76. The van der Waals surface area contributed by atoms with E-state index in [4.69, 9.17) is 0 Å². The van der Waals surface area contributed by atoms with Gasteiger partial charge in [-0.1, -0.05) is 33.1 Å². The lowest BCUT2D eigenvalue weighted by atomic mass is 9.92. The Morgan fingerprint density at radius 3 is 2.50 bits per heavy atom. The van der Waals surface area contributed by atoms with Crippen molar-refractivity contribution in [3.05, 3.63) is 0 Å². The fourth-order valence-corrected chi connectivity index (χ4v) is 3.03. The molecule has 1 nitrogen and oxygen atoms in total. The van der Waals surface area contributed by atoms with Crippen molar-refractivity contribution < 1.29 is 0 Å². The predicted octanol–water partition coefficient (Wildman–Crippen LogP) is 3.20. The molecule has 0 amide bonds. The fraction of sp³-hybridized carbons (Fsp3) is 1.00. The Bertz CT molecular complexity index is 174. The zero-order chi connectivity index (χ0) is 9.97. The van der Waals surface area contributed by atoms with Crippen LogP contribution in [0.4, 0.5) is 0 Å². The second-order valence-corrected chi connectivity index (χ2v) is 5.52. The van der Waals surface area contributed by atoms with Crippen LogP contribution in [-0.2, 0) is 0 Å². The van der Waals surface area contributed by atoms with Gasteiger partial charge < -0.3 is 5.32 Å². The quantitative estimate of drug-likeness (QED) is 0.710. The molecule has 0 aromatic rings. The Hall–Kier alpha value is -0.0400. The summed E-state index contributed by atoms with van der Waals surface area (Å²) >= 11 is 0. The summed E-state index contributed by atoms with van der Waals surface area (Å²) in [5, 5.41) is 3.72. The molecule has 2 aliphatic rings. The summed E-state index contributed by atoms with van der Waals surface area (Å²) in [4.78, 5) is 0. The summed E-state index contributed by atoms with van der Waals surface area (Å²) < 4.78 is 0. The minimum Gasteiger partial charge on any atom is -0.314 e. The third-order valence-electron chi connectivity index (χ3n) is 4.05. The number of hydrogen-bond acceptors (Lipinski definition) is 1. The van der Waals surface area contributed by atoms with E-state index in [1.807, 2.05) is 0 Å². The molecule has 0 bridgehead atoms. The summed E-state index contributed by atoms with van der Waals surface area (Å²) in [6, 6.07) is 0.845. The summed E-state index contributed by atoms with van der Waals surface area (Å²) in [6.45, 7) is 5.82. The highest BCUT2D eigenvalue weighted by Gasteiger charge is 2.32. The van der Waals surface area contributed by atoms with Crippen LogP contribution in [0.2, 0.25) is 0 Å². The van der Waals surface area contributed by atoms with Crippen LogP contribution in [0.25, 0.3) is 0 Å². The molecule has 2 fully saturated rings. The zero-order valence-electron chi connectivity index (χ0n) is 9.76. The first-order chi connectivity index (χ1) is 6.79. The molecule has 82 valence electrons. The monoisotopic (exact) mass is 195 g/mol. The first kappa shape index (κ1) is 10.5. The average Bonchev–Trinajstić information content (AvgIpc) is 2.87. The van der Waals surface area contributed by atoms with Crippen molar-refractivity contribution >= 4 is 0 Å². The Morgan fingerprint density at radius 1 is 1.21 bits per heavy atom. The average molecular weight is 195 g/mol. The maximum absolute atomic E-state index is 3.72. The summed E-state index contributed by atoms with van der Waals surface area (Å²) in [5.74, 6) is 3.06. The molecule has 14 heavy (non-hydrogen) atoms. The minimum atomic E-state index is 0.845. The van der Waals surface area contributed by atoms with Crippen molar-refractivity contribution in [1.82, 2.24) is 5.32 Å². The molecule has 0 radical (unpaired) electrons. The van der Waals surface area contributed by atoms with Gasteiger partial charge in [-0.25, -0.2) is 0 Å². The molecule has 2 saturated carbocycles. The van der Waals surface area contributed by atoms with Gasteiger partial charge in [0.15, 0.2) is 0 Å². The van der Waals surface area contributed by atoms with Crippen molar-refractivity contribution in [2.75, 3.05) is 6.54 Å². The van der Waals surface area contributed by atoms with E-state index in [2.05, 4.69) is 19.2 Å². The lowest BCUT2D eigenvalue weighted by molar-refractivity contribution is 0.326. The first-order valence-corrected chi connectivity index (χ1v) is 6.53. The summed E-state index contributed by atoms with van der Waals surface area (Å²) in [5.41, 5.74) is 0. The third kappa shape index (κ3) is 2.73. The summed E-state index contributed by atoms with van der Waals surface area (Å²) in [7, 11) is 0. The molecule has 0 saturated heterocycles. The topological polar surface area (TPSA) is 12.0 Å². The molecule has 0 heterocycles. The molecule has 0 aromatic carbocycles. The van der Waals surface area contributed by atoms with E-state index in [1.54, 1.807) is 0 Å². The van der Waals surface area contributed by atoms with Gasteiger partial charge in [-0.15, -0.1) is 0 Å². The number of nitrogens with one attached hydrogen (secondary N) is 1. The van der Waals surface area contributed by atoms with Crippen LogP contribution in [0.15, 0.2) is 0 Å². The summed E-state index contributed by atoms with van der Waals surface area (Å²) in [6.07, 6.45) is 8.90. The smallest absolute Gasteiger partial charge is 0.00979 e. The van der Waals surface area contributed by atoms with Crippen LogP contribution < -0.4 is 5.32 Å². The molecule has 0 aliphatic heterocycles. The van der Waals surface area contributed by atoms with Gasteiger partial charge in [-0.3, -0.25) is 0 Å². The third-order valence-corrected chi connectivity index (χ3v) is 4.05. The lowest BCUT2D eigenvalue weighted by Crippen LogP contribution is -2.35. The highest BCUT2D eigenvalue weighted by atomic mass is 14.9. The van der Waals surface area contributed by atoms with Gasteiger partial charge in [-0.05, 0) is 43.6 Å². The van der Waals surface area contributed by atoms with Gasteiger partial charge in [0.1, 0.15) is 0 Å². The molecule has 2 rings (SSSR count). The molecular weight excluding hydrogens is 170 g/mol. The van der Waals surface area contributed by atoms with Crippen LogP contribution >= 0.6 is 0 Å². The maximum Gasteiger partial charge on any atom is 0.00979 e. The molecule has 1 N–H and O–H groups in total. The molecular formula is C13H25N. The van der Waals surface area contributed by atoms with Crippen LogP contribution in [0, 0.1) is 17.8 Å². The maximum atomic E-state index is 3.72. The first-order valence-electron chi connectivity index (χ1n) is 6.53. The van der Waals surface area contributed by atoms with Gasteiger partial charge in [0.05, 0.1) is 0 Å². The number of rotatable bonds is 5. The Balaban J connectivity index is 1.81. The standard InChI is InChI=1S/C13H25N/c1-3-14-13(9-11-5-6-11)12-7-4-10(2)8-12/h10-14H,3-9H2,1-2H3. The lowest BCUT2D eigenvalue weighted by Gasteiger charge is -2.24. The van der Waals surface area contributed by atoms with E-state index in [0.717, 1.165) is 30.3 Å². The predicted molar refractivity (Wildman–Crippen MR) is 61.3 cm³/mol. The van der Waals surface area contributed by atoms with E-state index < -0.39 is 0 Å². The van der Waals surface area contributed by atoms with Gasteiger partial charge in [0.2, 0.25) is 0 Å². The van der Waals surface area contributed by atoms with Gasteiger partial charge >= 0.3 is 0 Å². The Morgan fingerprint density at radius 2 is 2.00 bits per heavy atom. The second-order valence-electron chi connectivity index (χ2n) is 5.52. The van der Waals surface area contributed by atoms with Crippen LogP contribution in [0.3, 0.4) is 0 Å².